The SMILES string of the molecule is O=C(O)[C@@H]1CCCN1C(=O)c1ccc2c(=O)n3c(nc2c1)CCCCC3. The number of aryl methyl sites for hydroxylation is 1. The minimum absolute atomic E-state index is 0.0597. The van der Waals surface area contributed by atoms with Gasteiger partial charge in [-0.25, -0.2) is 9.78 Å². The molecule has 136 valence electrons. The molecule has 1 fully saturated rings. The fraction of sp³-hybridized carbons (Fsp3) is 0.474. The lowest BCUT2D eigenvalue weighted by molar-refractivity contribution is -0.141. The number of hydrogen-bond acceptors (Lipinski definition) is 4. The molecule has 2 aliphatic heterocycles. The number of benzene rings is 1. The largest absolute Gasteiger partial charge is 0.480 e. The van der Waals surface area contributed by atoms with Crippen molar-refractivity contribution >= 4 is 22.8 Å². The van der Waals surface area contributed by atoms with Crippen molar-refractivity contribution in [3.05, 3.63) is 39.9 Å². The summed E-state index contributed by atoms with van der Waals surface area (Å²) in [6.45, 7) is 1.12. The molecule has 4 rings (SSSR count). The van der Waals surface area contributed by atoms with Gasteiger partial charge < -0.3 is 10.0 Å². The van der Waals surface area contributed by atoms with Gasteiger partial charge in [0.15, 0.2) is 0 Å². The Morgan fingerprint density at radius 3 is 2.77 bits per heavy atom. The van der Waals surface area contributed by atoms with E-state index in [0.717, 1.165) is 31.5 Å². The van der Waals surface area contributed by atoms with Crippen LogP contribution < -0.4 is 5.56 Å². The third kappa shape index (κ3) is 2.77. The highest BCUT2D eigenvalue weighted by Crippen LogP contribution is 2.22. The number of fused-ring (bicyclic) bond motifs is 2. The van der Waals surface area contributed by atoms with E-state index < -0.39 is 12.0 Å². The monoisotopic (exact) mass is 355 g/mol. The molecule has 1 aromatic heterocycles. The number of rotatable bonds is 2. The summed E-state index contributed by atoms with van der Waals surface area (Å²) in [7, 11) is 0. The summed E-state index contributed by atoms with van der Waals surface area (Å²) < 4.78 is 1.75. The van der Waals surface area contributed by atoms with E-state index in [1.54, 1.807) is 22.8 Å². The number of carbonyl (C=O) groups is 2. The maximum atomic E-state index is 12.8. The lowest BCUT2D eigenvalue weighted by Crippen LogP contribution is -2.40. The van der Waals surface area contributed by atoms with Crippen molar-refractivity contribution in [2.45, 2.75) is 51.1 Å². The maximum Gasteiger partial charge on any atom is 0.326 e. The summed E-state index contributed by atoms with van der Waals surface area (Å²) in [6.07, 6.45) is 4.98. The van der Waals surface area contributed by atoms with Gasteiger partial charge in [0.2, 0.25) is 0 Å². The molecule has 0 saturated carbocycles. The van der Waals surface area contributed by atoms with Crippen LogP contribution in [0.15, 0.2) is 23.0 Å². The average molecular weight is 355 g/mol. The Kier molecular flexibility index (Phi) is 4.22. The average Bonchev–Trinajstić information content (AvgIpc) is 3.01. The molecule has 7 heteroatoms. The molecule has 0 aliphatic carbocycles. The van der Waals surface area contributed by atoms with Crippen LogP contribution in [0.3, 0.4) is 0 Å². The quantitative estimate of drug-likeness (QED) is 0.887. The van der Waals surface area contributed by atoms with Crippen molar-refractivity contribution in [2.75, 3.05) is 6.54 Å². The smallest absolute Gasteiger partial charge is 0.326 e. The first-order valence-corrected chi connectivity index (χ1v) is 9.13. The summed E-state index contributed by atoms with van der Waals surface area (Å²) in [5.41, 5.74) is 0.840. The molecule has 26 heavy (non-hydrogen) atoms. The van der Waals surface area contributed by atoms with Gasteiger partial charge in [0, 0.05) is 25.1 Å². The van der Waals surface area contributed by atoms with E-state index in [0.29, 0.717) is 42.4 Å². The van der Waals surface area contributed by atoms with E-state index in [4.69, 9.17) is 0 Å². The fourth-order valence-corrected chi connectivity index (χ4v) is 3.98. The molecule has 1 saturated heterocycles. The zero-order valence-electron chi connectivity index (χ0n) is 14.5. The first-order valence-electron chi connectivity index (χ1n) is 9.13. The van der Waals surface area contributed by atoms with Crippen LogP contribution in [-0.2, 0) is 17.8 Å². The molecule has 0 spiro atoms. The van der Waals surface area contributed by atoms with Gasteiger partial charge in [-0.05, 0) is 43.9 Å². The molecule has 1 aromatic carbocycles. The molecule has 0 unspecified atom stereocenters. The van der Waals surface area contributed by atoms with E-state index in [2.05, 4.69) is 4.98 Å². The third-order valence-corrected chi connectivity index (χ3v) is 5.36. The van der Waals surface area contributed by atoms with Crippen molar-refractivity contribution in [1.29, 1.82) is 0 Å². The minimum Gasteiger partial charge on any atom is -0.480 e. The van der Waals surface area contributed by atoms with Gasteiger partial charge in [-0.3, -0.25) is 14.2 Å². The molecule has 1 N–H and O–H groups in total. The van der Waals surface area contributed by atoms with Crippen LogP contribution in [0.1, 0.15) is 48.3 Å². The Balaban J connectivity index is 1.75. The summed E-state index contributed by atoms with van der Waals surface area (Å²) in [5, 5.41) is 9.80. The number of carboxylic acid groups (broad SMARTS) is 1. The molecule has 7 nitrogen and oxygen atoms in total. The first-order chi connectivity index (χ1) is 12.6. The number of carboxylic acids is 1. The summed E-state index contributed by atoms with van der Waals surface area (Å²) >= 11 is 0. The van der Waals surface area contributed by atoms with E-state index in [-0.39, 0.29) is 11.5 Å². The van der Waals surface area contributed by atoms with Gasteiger partial charge in [-0.1, -0.05) is 6.42 Å². The molecule has 1 atom stereocenters. The highest BCUT2D eigenvalue weighted by molar-refractivity contribution is 5.99. The third-order valence-electron chi connectivity index (χ3n) is 5.36. The van der Waals surface area contributed by atoms with Crippen LogP contribution in [0.4, 0.5) is 0 Å². The van der Waals surface area contributed by atoms with Gasteiger partial charge in [0.1, 0.15) is 11.9 Å². The fourth-order valence-electron chi connectivity index (χ4n) is 3.98. The van der Waals surface area contributed by atoms with Gasteiger partial charge in [-0.15, -0.1) is 0 Å². The number of hydrogen-bond donors (Lipinski definition) is 1. The second kappa shape index (κ2) is 6.55. The van der Waals surface area contributed by atoms with Gasteiger partial charge >= 0.3 is 5.97 Å². The summed E-state index contributed by atoms with van der Waals surface area (Å²) in [5.74, 6) is -0.513. The minimum atomic E-state index is -0.974. The van der Waals surface area contributed by atoms with Crippen molar-refractivity contribution in [2.24, 2.45) is 0 Å². The number of likely N-dealkylation sites (tertiary alicyclic amines) is 1. The Hall–Kier alpha value is -2.70. The van der Waals surface area contributed by atoms with Gasteiger partial charge in [-0.2, -0.15) is 0 Å². The van der Waals surface area contributed by atoms with Crippen molar-refractivity contribution in [3.8, 4) is 0 Å². The lowest BCUT2D eigenvalue weighted by atomic mass is 10.1. The normalized spacial score (nSPS) is 20.0. The molecule has 2 aromatic rings. The zero-order valence-corrected chi connectivity index (χ0v) is 14.5. The van der Waals surface area contributed by atoms with Gasteiger partial charge in [0.25, 0.3) is 11.5 Å². The van der Waals surface area contributed by atoms with E-state index in [1.807, 2.05) is 0 Å². The number of amides is 1. The summed E-state index contributed by atoms with van der Waals surface area (Å²) in [6, 6.07) is 4.10. The van der Waals surface area contributed by atoms with E-state index in [1.165, 1.54) is 4.90 Å². The zero-order chi connectivity index (χ0) is 18.3. The molecular weight excluding hydrogens is 334 g/mol. The second-order valence-corrected chi connectivity index (χ2v) is 7.02. The van der Waals surface area contributed by atoms with Crippen LogP contribution in [0.25, 0.3) is 10.9 Å². The predicted octanol–water partition coefficient (Wildman–Crippen LogP) is 1.81. The molecule has 2 aliphatic rings. The van der Waals surface area contributed by atoms with Crippen molar-refractivity contribution < 1.29 is 14.7 Å². The molecule has 3 heterocycles. The Labute approximate surface area is 150 Å². The van der Waals surface area contributed by atoms with E-state index >= 15 is 0 Å². The second-order valence-electron chi connectivity index (χ2n) is 7.02. The van der Waals surface area contributed by atoms with Crippen molar-refractivity contribution in [3.63, 3.8) is 0 Å². The number of carbonyl (C=O) groups excluding carboxylic acids is 1. The number of aliphatic carboxylic acids is 1. The van der Waals surface area contributed by atoms with Crippen molar-refractivity contribution in [1.82, 2.24) is 14.5 Å². The van der Waals surface area contributed by atoms with E-state index in [9.17, 15) is 19.5 Å². The number of nitrogens with zero attached hydrogens (tertiary/aromatic N) is 3. The van der Waals surface area contributed by atoms with Crippen LogP contribution in [0.5, 0.6) is 0 Å². The van der Waals surface area contributed by atoms with Crippen LogP contribution in [0, 0.1) is 0 Å². The predicted molar refractivity (Wildman–Crippen MR) is 95.3 cm³/mol. The Morgan fingerprint density at radius 2 is 1.96 bits per heavy atom. The molecule has 0 bridgehead atoms. The topological polar surface area (TPSA) is 92.5 Å². The lowest BCUT2D eigenvalue weighted by Gasteiger charge is -2.21. The van der Waals surface area contributed by atoms with Crippen LogP contribution in [-0.4, -0.2) is 44.0 Å². The standard InChI is InChI=1S/C19H21N3O4/c23-17(21-10-4-5-15(21)19(25)26)12-7-8-13-14(11-12)20-16-6-2-1-3-9-22(16)18(13)24/h7-8,11,15H,1-6,9-10H2,(H,25,26)/t15-/m0/s1. The van der Waals surface area contributed by atoms with Crippen LogP contribution in [0.2, 0.25) is 0 Å². The number of aromatic nitrogens is 2. The summed E-state index contributed by atoms with van der Waals surface area (Å²) in [4.78, 5) is 42.9. The maximum absolute atomic E-state index is 12.8. The molecular formula is C19H21N3O4. The highest BCUT2D eigenvalue weighted by atomic mass is 16.4. The first kappa shape index (κ1) is 16.8. The Bertz CT molecular complexity index is 950. The molecule has 0 radical (unpaired) electrons. The Morgan fingerprint density at radius 1 is 1.12 bits per heavy atom. The van der Waals surface area contributed by atoms with Gasteiger partial charge in [0.05, 0.1) is 10.9 Å². The van der Waals surface area contributed by atoms with Crippen LogP contribution >= 0.6 is 0 Å². The molecule has 1 amide bonds. The highest BCUT2D eigenvalue weighted by Gasteiger charge is 2.34.